The molecule has 0 radical (unpaired) electrons. The zero-order chi connectivity index (χ0) is 13.9. The monoisotopic (exact) mass is 252 g/mol. The maximum atomic E-state index is 12.2. The molecule has 5 nitrogen and oxygen atoms in total. The predicted molar refractivity (Wildman–Crippen MR) is 73.4 cm³/mol. The molecule has 0 fully saturated rings. The van der Waals surface area contributed by atoms with Crippen LogP contribution in [0, 0.1) is 0 Å². The summed E-state index contributed by atoms with van der Waals surface area (Å²) in [5, 5.41) is 7.27. The fourth-order valence-electron chi connectivity index (χ4n) is 1.85. The van der Waals surface area contributed by atoms with E-state index >= 15 is 0 Å². The minimum absolute atomic E-state index is 0.137. The molecular formula is C13H24N4O. The number of aromatic nitrogens is 2. The lowest BCUT2D eigenvalue weighted by atomic mass is 9.93. The average Bonchev–Trinajstić information content (AvgIpc) is 2.69. The molecule has 1 rings (SSSR count). The number of nitrogens with zero attached hydrogens (tertiary/aromatic N) is 2. The Hall–Kier alpha value is -1.36. The average molecular weight is 252 g/mol. The van der Waals surface area contributed by atoms with Crippen LogP contribution in [0.1, 0.15) is 52.1 Å². The summed E-state index contributed by atoms with van der Waals surface area (Å²) in [5.74, 6) is 0.124. The number of anilines is 1. The van der Waals surface area contributed by atoms with Gasteiger partial charge in [0.25, 0.3) is 0 Å². The number of hydrogen-bond acceptors (Lipinski definition) is 3. The van der Waals surface area contributed by atoms with Gasteiger partial charge in [-0.3, -0.25) is 9.48 Å². The first-order chi connectivity index (χ1) is 8.34. The highest BCUT2D eigenvalue weighted by Gasteiger charge is 2.30. The van der Waals surface area contributed by atoms with Gasteiger partial charge < -0.3 is 11.1 Å². The van der Waals surface area contributed by atoms with Gasteiger partial charge in [-0.05, 0) is 18.8 Å². The molecule has 1 aromatic heterocycles. The zero-order valence-electron chi connectivity index (χ0n) is 11.9. The zero-order valence-corrected chi connectivity index (χ0v) is 11.9. The van der Waals surface area contributed by atoms with Gasteiger partial charge in [0.1, 0.15) is 0 Å². The molecule has 0 aliphatic heterocycles. The number of carbonyl (C=O) groups excluding carboxylic acids is 1. The van der Waals surface area contributed by atoms with Crippen molar-refractivity contribution in [3.63, 3.8) is 0 Å². The maximum absolute atomic E-state index is 12.2. The van der Waals surface area contributed by atoms with Crippen LogP contribution in [0.5, 0.6) is 0 Å². The molecule has 5 heteroatoms. The molecular weight excluding hydrogens is 228 g/mol. The molecule has 0 atom stereocenters. The standard InChI is InChI=1S/C13H24N4O/c1-6-13(14,7-2)12(18)15-10-8-17(5)16-11(10)9(3)4/h8-9H,6-7,14H2,1-5H3,(H,15,18). The molecule has 1 heterocycles. The Kier molecular flexibility index (Phi) is 4.51. The molecule has 18 heavy (non-hydrogen) atoms. The van der Waals surface area contributed by atoms with Crippen LogP contribution in [0.4, 0.5) is 5.69 Å². The van der Waals surface area contributed by atoms with Crippen LogP contribution in [-0.4, -0.2) is 21.2 Å². The number of hydrogen-bond donors (Lipinski definition) is 2. The smallest absolute Gasteiger partial charge is 0.244 e. The van der Waals surface area contributed by atoms with Crippen molar-refractivity contribution in [2.45, 2.75) is 52.0 Å². The molecule has 0 aliphatic rings. The molecule has 0 spiro atoms. The van der Waals surface area contributed by atoms with Gasteiger partial charge >= 0.3 is 0 Å². The maximum Gasteiger partial charge on any atom is 0.244 e. The molecule has 3 N–H and O–H groups in total. The van der Waals surface area contributed by atoms with Gasteiger partial charge in [-0.25, -0.2) is 0 Å². The first-order valence-electron chi connectivity index (χ1n) is 6.48. The van der Waals surface area contributed by atoms with Crippen molar-refractivity contribution in [2.24, 2.45) is 12.8 Å². The molecule has 0 unspecified atom stereocenters. The van der Waals surface area contributed by atoms with E-state index in [2.05, 4.69) is 10.4 Å². The van der Waals surface area contributed by atoms with Gasteiger partial charge in [-0.15, -0.1) is 0 Å². The van der Waals surface area contributed by atoms with Crippen LogP contribution < -0.4 is 11.1 Å². The molecule has 0 saturated heterocycles. The van der Waals surface area contributed by atoms with E-state index in [0.717, 1.165) is 11.4 Å². The normalized spacial score (nSPS) is 11.9. The summed E-state index contributed by atoms with van der Waals surface area (Å²) in [6, 6.07) is 0. The Morgan fingerprint density at radius 1 is 1.50 bits per heavy atom. The fourth-order valence-corrected chi connectivity index (χ4v) is 1.85. The quantitative estimate of drug-likeness (QED) is 0.841. The van der Waals surface area contributed by atoms with Crippen molar-refractivity contribution >= 4 is 11.6 Å². The van der Waals surface area contributed by atoms with Gasteiger partial charge in [0.05, 0.1) is 16.9 Å². The van der Waals surface area contributed by atoms with E-state index in [1.165, 1.54) is 0 Å². The van der Waals surface area contributed by atoms with Crippen molar-refractivity contribution < 1.29 is 4.79 Å². The van der Waals surface area contributed by atoms with Crippen molar-refractivity contribution in [3.05, 3.63) is 11.9 Å². The van der Waals surface area contributed by atoms with Crippen molar-refractivity contribution in [3.8, 4) is 0 Å². The number of nitrogens with one attached hydrogen (secondary N) is 1. The summed E-state index contributed by atoms with van der Waals surface area (Å²) in [4.78, 5) is 12.2. The van der Waals surface area contributed by atoms with E-state index in [9.17, 15) is 4.79 Å². The second-order valence-electron chi connectivity index (χ2n) is 5.07. The molecule has 0 bridgehead atoms. The van der Waals surface area contributed by atoms with Crippen LogP contribution in [-0.2, 0) is 11.8 Å². The highest BCUT2D eigenvalue weighted by atomic mass is 16.2. The van der Waals surface area contributed by atoms with E-state index in [0.29, 0.717) is 12.8 Å². The van der Waals surface area contributed by atoms with Crippen LogP contribution in [0.3, 0.4) is 0 Å². The SMILES string of the molecule is CCC(N)(CC)C(=O)Nc1cn(C)nc1C(C)C. The molecule has 0 aliphatic carbocycles. The number of aryl methyl sites for hydroxylation is 1. The molecule has 1 amide bonds. The highest BCUT2D eigenvalue weighted by Crippen LogP contribution is 2.23. The second kappa shape index (κ2) is 5.52. The van der Waals surface area contributed by atoms with E-state index < -0.39 is 5.54 Å². The topological polar surface area (TPSA) is 72.9 Å². The fraction of sp³-hybridized carbons (Fsp3) is 0.692. The van der Waals surface area contributed by atoms with Crippen molar-refractivity contribution in [2.75, 3.05) is 5.32 Å². The lowest BCUT2D eigenvalue weighted by Crippen LogP contribution is -2.50. The summed E-state index contributed by atoms with van der Waals surface area (Å²) < 4.78 is 1.71. The third-order valence-corrected chi connectivity index (χ3v) is 3.37. The molecule has 102 valence electrons. The predicted octanol–water partition coefficient (Wildman–Crippen LogP) is 2.00. The number of amides is 1. The van der Waals surface area contributed by atoms with Gasteiger partial charge in [-0.1, -0.05) is 27.7 Å². The minimum Gasteiger partial charge on any atom is -0.322 e. The Labute approximate surface area is 109 Å². The Morgan fingerprint density at radius 3 is 2.50 bits per heavy atom. The van der Waals surface area contributed by atoms with Crippen molar-refractivity contribution in [1.82, 2.24) is 9.78 Å². The molecule has 1 aromatic rings. The summed E-state index contributed by atoms with van der Waals surface area (Å²) in [5.41, 5.74) is 6.93. The van der Waals surface area contributed by atoms with Gasteiger partial charge in [-0.2, -0.15) is 5.10 Å². The first-order valence-corrected chi connectivity index (χ1v) is 6.48. The first kappa shape index (κ1) is 14.7. The summed E-state index contributed by atoms with van der Waals surface area (Å²) in [6.45, 7) is 7.95. The number of nitrogens with two attached hydrogens (primary N) is 1. The Bertz CT molecular complexity index is 419. The van der Waals surface area contributed by atoms with Crippen LogP contribution in [0.15, 0.2) is 6.20 Å². The van der Waals surface area contributed by atoms with E-state index in [-0.39, 0.29) is 11.8 Å². The summed E-state index contributed by atoms with van der Waals surface area (Å²) in [6.07, 6.45) is 3.05. The summed E-state index contributed by atoms with van der Waals surface area (Å²) in [7, 11) is 1.84. The highest BCUT2D eigenvalue weighted by molar-refractivity contribution is 5.98. The Morgan fingerprint density at radius 2 is 2.06 bits per heavy atom. The van der Waals surface area contributed by atoms with E-state index in [1.807, 2.05) is 40.9 Å². The van der Waals surface area contributed by atoms with Gasteiger partial charge in [0.2, 0.25) is 5.91 Å². The third-order valence-electron chi connectivity index (χ3n) is 3.37. The van der Waals surface area contributed by atoms with E-state index in [4.69, 9.17) is 5.73 Å². The molecule has 0 aromatic carbocycles. The lowest BCUT2D eigenvalue weighted by molar-refractivity contribution is -0.121. The lowest BCUT2D eigenvalue weighted by Gasteiger charge is -2.25. The van der Waals surface area contributed by atoms with Crippen LogP contribution in [0.2, 0.25) is 0 Å². The number of rotatable bonds is 5. The Balaban J connectivity index is 2.94. The van der Waals surface area contributed by atoms with Crippen molar-refractivity contribution in [1.29, 1.82) is 0 Å². The minimum atomic E-state index is -0.801. The van der Waals surface area contributed by atoms with Crippen LogP contribution in [0.25, 0.3) is 0 Å². The molecule has 0 saturated carbocycles. The largest absolute Gasteiger partial charge is 0.322 e. The van der Waals surface area contributed by atoms with Crippen LogP contribution >= 0.6 is 0 Å². The van der Waals surface area contributed by atoms with E-state index in [1.54, 1.807) is 4.68 Å². The summed E-state index contributed by atoms with van der Waals surface area (Å²) >= 11 is 0. The third kappa shape index (κ3) is 2.90. The van der Waals surface area contributed by atoms with Gasteiger partial charge in [0.15, 0.2) is 0 Å². The second-order valence-corrected chi connectivity index (χ2v) is 5.07. The number of carbonyl (C=O) groups is 1. The van der Waals surface area contributed by atoms with Gasteiger partial charge in [0, 0.05) is 13.2 Å².